The molecule has 0 fully saturated rings. The standard InChI is InChI=1S/C4H8ClNO2/c1-3(6)2-8-4(5)7/h3H,2,6H2,1H3. The third-order valence-corrected chi connectivity index (χ3v) is 0.569. The van der Waals surface area contributed by atoms with Gasteiger partial charge < -0.3 is 10.5 Å². The first-order valence-electron chi connectivity index (χ1n) is 2.20. The third kappa shape index (κ3) is 5.72. The summed E-state index contributed by atoms with van der Waals surface area (Å²) in [6.07, 6.45) is 0. The molecular formula is C4H8ClNO2. The SMILES string of the molecule is CC(N)COC(=O)Cl. The zero-order valence-electron chi connectivity index (χ0n) is 4.56. The van der Waals surface area contributed by atoms with E-state index in [1.165, 1.54) is 0 Å². The lowest BCUT2D eigenvalue weighted by atomic mass is 10.4. The summed E-state index contributed by atoms with van der Waals surface area (Å²) < 4.78 is 4.30. The fourth-order valence-electron chi connectivity index (χ4n) is 0.197. The van der Waals surface area contributed by atoms with Crippen molar-refractivity contribution in [2.45, 2.75) is 13.0 Å². The van der Waals surface area contributed by atoms with Gasteiger partial charge >= 0.3 is 5.43 Å². The number of halogens is 1. The lowest BCUT2D eigenvalue weighted by Crippen LogP contribution is -2.22. The zero-order chi connectivity index (χ0) is 6.57. The quantitative estimate of drug-likeness (QED) is 0.571. The monoisotopic (exact) mass is 137 g/mol. The van der Waals surface area contributed by atoms with Crippen molar-refractivity contribution in [3.63, 3.8) is 0 Å². The minimum Gasteiger partial charge on any atom is -0.452 e. The molecule has 2 N–H and O–H groups in total. The molecule has 0 aliphatic rings. The summed E-state index contributed by atoms with van der Waals surface area (Å²) in [5.74, 6) is 0. The van der Waals surface area contributed by atoms with E-state index in [2.05, 4.69) is 4.74 Å². The second kappa shape index (κ2) is 3.69. The summed E-state index contributed by atoms with van der Waals surface area (Å²) in [6.45, 7) is 1.90. The van der Waals surface area contributed by atoms with Crippen LogP contribution in [0.4, 0.5) is 4.79 Å². The van der Waals surface area contributed by atoms with E-state index in [0.29, 0.717) is 0 Å². The molecule has 8 heavy (non-hydrogen) atoms. The minimum absolute atomic E-state index is 0.141. The van der Waals surface area contributed by atoms with Crippen molar-refractivity contribution >= 4 is 17.0 Å². The van der Waals surface area contributed by atoms with Crippen LogP contribution < -0.4 is 5.73 Å². The number of ether oxygens (including phenoxy) is 1. The number of carbonyl (C=O) groups excluding carboxylic acids is 1. The van der Waals surface area contributed by atoms with Crippen LogP contribution in [0.25, 0.3) is 0 Å². The first kappa shape index (κ1) is 7.72. The Morgan fingerprint density at radius 2 is 2.50 bits per heavy atom. The smallest absolute Gasteiger partial charge is 0.403 e. The van der Waals surface area contributed by atoms with Crippen LogP contribution >= 0.6 is 11.6 Å². The third-order valence-electron chi connectivity index (χ3n) is 0.460. The maximum absolute atomic E-state index is 9.84. The molecule has 0 spiro atoms. The highest BCUT2D eigenvalue weighted by atomic mass is 35.5. The van der Waals surface area contributed by atoms with Gasteiger partial charge in [-0.05, 0) is 6.92 Å². The van der Waals surface area contributed by atoms with Crippen molar-refractivity contribution < 1.29 is 9.53 Å². The molecule has 0 aromatic carbocycles. The van der Waals surface area contributed by atoms with Crippen molar-refractivity contribution in [3.05, 3.63) is 0 Å². The van der Waals surface area contributed by atoms with Gasteiger partial charge in [-0.2, -0.15) is 0 Å². The van der Waals surface area contributed by atoms with Crippen LogP contribution in [0.5, 0.6) is 0 Å². The van der Waals surface area contributed by atoms with Crippen molar-refractivity contribution in [1.82, 2.24) is 0 Å². The Labute approximate surface area is 52.8 Å². The van der Waals surface area contributed by atoms with Crippen LogP contribution in [-0.4, -0.2) is 18.1 Å². The van der Waals surface area contributed by atoms with Crippen LogP contribution in [0.1, 0.15) is 6.92 Å². The average molecular weight is 138 g/mol. The molecule has 0 radical (unpaired) electrons. The van der Waals surface area contributed by atoms with E-state index in [1.54, 1.807) is 6.92 Å². The number of hydrogen-bond acceptors (Lipinski definition) is 3. The Balaban J connectivity index is 3.05. The fourth-order valence-corrected chi connectivity index (χ4v) is 0.260. The fraction of sp³-hybridized carbons (Fsp3) is 0.750. The molecule has 0 aliphatic heterocycles. The van der Waals surface area contributed by atoms with E-state index in [-0.39, 0.29) is 12.6 Å². The van der Waals surface area contributed by atoms with Crippen LogP contribution in [0, 0.1) is 0 Å². The molecular weight excluding hydrogens is 130 g/mol. The molecule has 48 valence electrons. The van der Waals surface area contributed by atoms with Gasteiger partial charge in [-0.1, -0.05) is 0 Å². The van der Waals surface area contributed by atoms with Crippen LogP contribution in [-0.2, 0) is 4.74 Å². The molecule has 0 bridgehead atoms. The maximum Gasteiger partial charge on any atom is 0.403 e. The Bertz CT molecular complexity index is 84.1. The molecule has 4 heteroatoms. The van der Waals surface area contributed by atoms with Crippen molar-refractivity contribution in [2.24, 2.45) is 5.73 Å². The normalized spacial score (nSPS) is 12.9. The number of rotatable bonds is 2. The summed E-state index contributed by atoms with van der Waals surface area (Å²) in [5.41, 5.74) is 4.40. The molecule has 0 aromatic heterocycles. The second-order valence-electron chi connectivity index (χ2n) is 1.53. The molecule has 0 amide bonds. The van der Waals surface area contributed by atoms with Gasteiger partial charge in [0.05, 0.1) is 0 Å². The summed E-state index contributed by atoms with van der Waals surface area (Å²) >= 11 is 4.81. The van der Waals surface area contributed by atoms with Crippen LogP contribution in [0.15, 0.2) is 0 Å². The van der Waals surface area contributed by atoms with Crippen LogP contribution in [0.3, 0.4) is 0 Å². The summed E-state index contributed by atoms with van der Waals surface area (Å²) in [7, 11) is 0. The van der Waals surface area contributed by atoms with Gasteiger partial charge in [-0.15, -0.1) is 0 Å². The van der Waals surface area contributed by atoms with Gasteiger partial charge in [0.15, 0.2) is 0 Å². The maximum atomic E-state index is 9.84. The van der Waals surface area contributed by atoms with E-state index in [4.69, 9.17) is 17.3 Å². The lowest BCUT2D eigenvalue weighted by Gasteiger charge is -2.01. The van der Waals surface area contributed by atoms with Gasteiger partial charge in [-0.25, -0.2) is 4.79 Å². The first-order valence-corrected chi connectivity index (χ1v) is 2.58. The highest BCUT2D eigenvalue weighted by molar-refractivity contribution is 6.61. The summed E-state index contributed by atoms with van der Waals surface area (Å²) in [5, 5.41) is 0. The van der Waals surface area contributed by atoms with Gasteiger partial charge in [0.1, 0.15) is 6.61 Å². The Morgan fingerprint density at radius 1 is 2.00 bits per heavy atom. The lowest BCUT2D eigenvalue weighted by molar-refractivity contribution is 0.167. The van der Waals surface area contributed by atoms with Gasteiger partial charge in [0.25, 0.3) is 0 Å². The predicted molar refractivity (Wildman–Crippen MR) is 30.9 cm³/mol. The first-order chi connectivity index (χ1) is 3.63. The molecule has 0 heterocycles. The Kier molecular flexibility index (Phi) is 3.56. The highest BCUT2D eigenvalue weighted by Crippen LogP contribution is 1.86. The van der Waals surface area contributed by atoms with E-state index < -0.39 is 5.43 Å². The Hall–Kier alpha value is -0.280. The molecule has 3 nitrogen and oxygen atoms in total. The molecule has 1 unspecified atom stereocenters. The zero-order valence-corrected chi connectivity index (χ0v) is 5.31. The van der Waals surface area contributed by atoms with E-state index in [9.17, 15) is 4.79 Å². The predicted octanol–water partition coefficient (Wildman–Crippen LogP) is 0.709. The Morgan fingerprint density at radius 3 is 2.62 bits per heavy atom. The van der Waals surface area contributed by atoms with E-state index in [0.717, 1.165) is 0 Å². The number of carbonyl (C=O) groups is 1. The molecule has 0 saturated heterocycles. The topological polar surface area (TPSA) is 52.3 Å². The molecule has 0 rings (SSSR count). The largest absolute Gasteiger partial charge is 0.452 e. The highest BCUT2D eigenvalue weighted by Gasteiger charge is 1.96. The molecule has 0 aromatic rings. The summed E-state index contributed by atoms with van der Waals surface area (Å²) in [6, 6.07) is -0.141. The number of nitrogens with two attached hydrogens (primary N) is 1. The van der Waals surface area contributed by atoms with E-state index >= 15 is 0 Å². The minimum atomic E-state index is -0.803. The van der Waals surface area contributed by atoms with E-state index in [1.807, 2.05) is 0 Å². The molecule has 1 atom stereocenters. The summed E-state index contributed by atoms with van der Waals surface area (Å²) in [4.78, 5) is 9.84. The molecule has 0 aliphatic carbocycles. The second-order valence-corrected chi connectivity index (χ2v) is 1.83. The average Bonchev–Trinajstić information content (AvgIpc) is 1.61. The van der Waals surface area contributed by atoms with Crippen molar-refractivity contribution in [1.29, 1.82) is 0 Å². The van der Waals surface area contributed by atoms with Gasteiger partial charge in [0.2, 0.25) is 0 Å². The molecule has 0 saturated carbocycles. The number of hydrogen-bond donors (Lipinski definition) is 1. The van der Waals surface area contributed by atoms with Gasteiger partial charge in [0, 0.05) is 17.6 Å². The van der Waals surface area contributed by atoms with Crippen LogP contribution in [0.2, 0.25) is 0 Å². The van der Waals surface area contributed by atoms with Crippen molar-refractivity contribution in [2.75, 3.05) is 6.61 Å². The van der Waals surface area contributed by atoms with Gasteiger partial charge in [-0.3, -0.25) is 0 Å². The van der Waals surface area contributed by atoms with Crippen molar-refractivity contribution in [3.8, 4) is 0 Å².